The number of carbonyl (C=O) groups is 1. The molecule has 13 nitrogen and oxygen atoms in total. The predicted molar refractivity (Wildman–Crippen MR) is 190 cm³/mol. The highest BCUT2D eigenvalue weighted by molar-refractivity contribution is 5.77. The van der Waals surface area contributed by atoms with Crippen LogP contribution in [-0.2, 0) is 9.53 Å². The van der Waals surface area contributed by atoms with Crippen molar-refractivity contribution in [3.8, 4) is 28.7 Å². The number of hydrogen-bond donors (Lipinski definition) is 7. The number of benzene rings is 2. The molecule has 0 radical (unpaired) electrons. The Morgan fingerprint density at radius 3 is 1.92 bits per heavy atom. The molecule has 1 unspecified atom stereocenters. The number of unbranched alkanes of at least 4 members (excludes halogenated alkanes) is 3. The lowest BCUT2D eigenvalue weighted by atomic mass is 9.65. The van der Waals surface area contributed by atoms with Gasteiger partial charge in [-0.2, -0.15) is 0 Å². The van der Waals surface area contributed by atoms with Crippen molar-refractivity contribution in [2.45, 2.75) is 69.6 Å². The summed E-state index contributed by atoms with van der Waals surface area (Å²) < 4.78 is 28.3. The van der Waals surface area contributed by atoms with E-state index in [9.17, 15) is 15.0 Å². The van der Waals surface area contributed by atoms with Gasteiger partial charge in [0.05, 0.1) is 26.9 Å². The summed E-state index contributed by atoms with van der Waals surface area (Å²) >= 11 is 0. The van der Waals surface area contributed by atoms with Crippen LogP contribution in [0.4, 0.5) is 0 Å². The first-order valence-corrected chi connectivity index (χ1v) is 18.3. The Labute approximate surface area is 295 Å². The largest absolute Gasteiger partial charge is 0.502 e. The summed E-state index contributed by atoms with van der Waals surface area (Å²) in [6.07, 6.45) is 6.84. The first-order chi connectivity index (χ1) is 24.5. The van der Waals surface area contributed by atoms with Crippen molar-refractivity contribution in [2.75, 3.05) is 73.4 Å². The van der Waals surface area contributed by atoms with Gasteiger partial charge >= 0.3 is 0 Å². The Morgan fingerprint density at radius 1 is 0.820 bits per heavy atom. The van der Waals surface area contributed by atoms with Crippen molar-refractivity contribution >= 4 is 5.91 Å². The van der Waals surface area contributed by atoms with Crippen LogP contribution in [0.2, 0.25) is 0 Å². The molecule has 2 aromatic rings. The number of hydrogen-bond acceptors (Lipinski definition) is 12. The number of carbonyl (C=O) groups excluding carboxylic acids is 1. The van der Waals surface area contributed by atoms with Gasteiger partial charge in [-0.25, -0.2) is 0 Å². The number of phenolic OH excluding ortho intramolecular Hbond substituents is 1. The van der Waals surface area contributed by atoms with E-state index in [0.717, 1.165) is 88.2 Å². The van der Waals surface area contributed by atoms with E-state index in [1.54, 1.807) is 12.1 Å². The summed E-state index contributed by atoms with van der Waals surface area (Å²) in [5, 5.41) is 35.5. The van der Waals surface area contributed by atoms with Gasteiger partial charge in [0.25, 0.3) is 0 Å². The lowest BCUT2D eigenvalue weighted by molar-refractivity contribution is -0.122. The minimum Gasteiger partial charge on any atom is -0.502 e. The number of phenols is 1. The zero-order chi connectivity index (χ0) is 35.3. The first kappa shape index (κ1) is 37.9. The van der Waals surface area contributed by atoms with Crippen LogP contribution in [0.15, 0.2) is 24.3 Å². The fourth-order valence-electron chi connectivity index (χ4n) is 7.39. The van der Waals surface area contributed by atoms with Crippen molar-refractivity contribution in [2.24, 2.45) is 17.6 Å². The minimum atomic E-state index is -1.06. The van der Waals surface area contributed by atoms with Crippen LogP contribution >= 0.6 is 0 Å². The highest BCUT2D eigenvalue weighted by Gasteiger charge is 2.52. The summed E-state index contributed by atoms with van der Waals surface area (Å²) in [7, 11) is 2.96. The maximum absolute atomic E-state index is 13.4. The van der Waals surface area contributed by atoms with Gasteiger partial charge in [-0.05, 0) is 132 Å². The molecule has 278 valence electrons. The van der Waals surface area contributed by atoms with Crippen LogP contribution in [0.3, 0.4) is 0 Å². The zero-order valence-corrected chi connectivity index (χ0v) is 29.6. The van der Waals surface area contributed by atoms with Crippen molar-refractivity contribution in [3.63, 3.8) is 0 Å². The molecule has 50 heavy (non-hydrogen) atoms. The molecule has 1 amide bonds. The lowest BCUT2D eigenvalue weighted by Crippen LogP contribution is -2.43. The third kappa shape index (κ3) is 9.51. The topological polar surface area (TPSA) is 178 Å². The van der Waals surface area contributed by atoms with E-state index in [2.05, 4.69) is 21.3 Å². The maximum Gasteiger partial charge on any atom is 0.231 e. The Kier molecular flexibility index (Phi) is 14.7. The predicted octanol–water partition coefficient (Wildman–Crippen LogP) is 2.87. The van der Waals surface area contributed by atoms with E-state index < -0.39 is 18.2 Å². The third-order valence-electron chi connectivity index (χ3n) is 10.0. The van der Waals surface area contributed by atoms with Crippen LogP contribution in [-0.4, -0.2) is 95.8 Å². The van der Waals surface area contributed by atoms with Gasteiger partial charge < -0.3 is 60.9 Å². The van der Waals surface area contributed by atoms with Gasteiger partial charge in [-0.15, -0.1) is 0 Å². The fourth-order valence-corrected chi connectivity index (χ4v) is 7.39. The number of methoxy groups -OCH3 is 2. The Bertz CT molecular complexity index is 1350. The molecule has 5 atom stereocenters. The van der Waals surface area contributed by atoms with Gasteiger partial charge in [0.2, 0.25) is 18.4 Å². The number of aliphatic hydroxyl groups excluding tert-OH is 1. The number of aromatic hydroxyl groups is 1. The molecule has 8 N–H and O–H groups in total. The second-order valence-electron chi connectivity index (χ2n) is 13.4. The normalized spacial score (nSPS) is 21.9. The second-order valence-corrected chi connectivity index (χ2v) is 13.4. The Morgan fingerprint density at radius 2 is 1.36 bits per heavy atom. The number of fused-ring (bicyclic) bond motifs is 3. The molecule has 2 aliphatic heterocycles. The zero-order valence-electron chi connectivity index (χ0n) is 29.6. The summed E-state index contributed by atoms with van der Waals surface area (Å²) in [4.78, 5) is 13.4. The van der Waals surface area contributed by atoms with E-state index in [-0.39, 0.29) is 48.4 Å². The second kappa shape index (κ2) is 19.3. The molecule has 1 saturated heterocycles. The van der Waals surface area contributed by atoms with Crippen molar-refractivity contribution in [3.05, 3.63) is 41.0 Å². The summed E-state index contributed by atoms with van der Waals surface area (Å²) in [5.41, 5.74) is 8.06. The number of rotatable bonds is 22. The molecule has 2 heterocycles. The lowest BCUT2D eigenvalue weighted by Gasteiger charge is -2.41. The van der Waals surface area contributed by atoms with Gasteiger partial charge in [0.1, 0.15) is 0 Å². The average molecular weight is 700 g/mol. The molecule has 1 aliphatic carbocycles. The third-order valence-corrected chi connectivity index (χ3v) is 10.0. The summed E-state index contributed by atoms with van der Waals surface area (Å²) in [6, 6.07) is 6.98. The molecular formula is C37H57N5O8. The van der Waals surface area contributed by atoms with Crippen LogP contribution in [0.5, 0.6) is 28.7 Å². The standard InChI is InChI=1S/C37H57N5O8/c1-46-30-18-24(19-31(47-2)36(30)44)33-25-20-28-29(50-23-49-28)21-26(25)35(27-22-48-37(45)34(27)33)42-32(43)10-9-17-41-16-8-7-15-40-14-6-5-13-39-12-4-3-11-38/h18-21,27,33-35,37,39-41,44-45H,3-17,22-23,38H2,1-2H3,(H,42,43)/t27-,33+,34-,35+,37?/m0/s1. The van der Waals surface area contributed by atoms with E-state index in [4.69, 9.17) is 29.4 Å². The molecule has 0 saturated carbocycles. The maximum atomic E-state index is 13.4. The summed E-state index contributed by atoms with van der Waals surface area (Å²) in [5.74, 6) is 0.609. The number of aliphatic hydroxyl groups is 1. The van der Waals surface area contributed by atoms with Gasteiger partial charge in [0.15, 0.2) is 29.3 Å². The number of nitrogens with one attached hydrogen (secondary N) is 4. The molecule has 0 spiro atoms. The highest BCUT2D eigenvalue weighted by Crippen LogP contribution is 2.56. The van der Waals surface area contributed by atoms with Crippen LogP contribution in [0.1, 0.15) is 80.0 Å². The molecule has 5 rings (SSSR count). The number of amides is 1. The molecule has 13 heteroatoms. The molecule has 0 bridgehead atoms. The minimum absolute atomic E-state index is 0.0538. The molecular weight excluding hydrogens is 642 g/mol. The van der Waals surface area contributed by atoms with E-state index >= 15 is 0 Å². The average Bonchev–Trinajstić information content (AvgIpc) is 3.75. The Hall–Kier alpha value is -3.33. The summed E-state index contributed by atoms with van der Waals surface area (Å²) in [6.45, 7) is 7.04. The first-order valence-electron chi connectivity index (χ1n) is 18.3. The molecule has 2 aromatic carbocycles. The number of nitrogens with two attached hydrogens (primary N) is 1. The van der Waals surface area contributed by atoms with Gasteiger partial charge in [0, 0.05) is 24.2 Å². The van der Waals surface area contributed by atoms with E-state index in [1.165, 1.54) is 27.1 Å². The SMILES string of the molecule is COc1cc([C@@H]2c3cc4c(cc3[C@@H](NC(=O)CCCNCCCCNCCCCNCCCCN)[C@H]3COC(O)[C@H]23)OCO4)cc(OC)c1O. The fraction of sp³-hybridized carbons (Fsp3) is 0.649. The molecule has 3 aliphatic rings. The van der Waals surface area contributed by atoms with Gasteiger partial charge in [-0.1, -0.05) is 0 Å². The van der Waals surface area contributed by atoms with E-state index in [1.807, 2.05) is 12.1 Å². The smallest absolute Gasteiger partial charge is 0.231 e. The van der Waals surface area contributed by atoms with Crippen LogP contribution < -0.4 is 45.9 Å². The monoisotopic (exact) mass is 699 g/mol. The number of ether oxygens (including phenoxy) is 5. The van der Waals surface area contributed by atoms with Crippen molar-refractivity contribution in [1.82, 2.24) is 21.3 Å². The quantitative estimate of drug-likeness (QED) is 0.0896. The van der Waals surface area contributed by atoms with Crippen LogP contribution in [0.25, 0.3) is 0 Å². The Balaban J connectivity index is 1.11. The van der Waals surface area contributed by atoms with Crippen LogP contribution in [0, 0.1) is 11.8 Å². The highest BCUT2D eigenvalue weighted by atomic mass is 16.7. The molecule has 0 aromatic heterocycles. The van der Waals surface area contributed by atoms with Crippen molar-refractivity contribution < 1.29 is 38.7 Å². The van der Waals surface area contributed by atoms with Crippen molar-refractivity contribution in [1.29, 1.82) is 0 Å². The van der Waals surface area contributed by atoms with E-state index in [0.29, 0.717) is 24.3 Å². The van der Waals surface area contributed by atoms with Gasteiger partial charge in [-0.3, -0.25) is 4.79 Å². The molecule has 1 fully saturated rings.